The van der Waals surface area contributed by atoms with Crippen LogP contribution in [0.5, 0.6) is 0 Å². The Morgan fingerprint density at radius 3 is 2.62 bits per heavy atom. The number of aryl methyl sites for hydroxylation is 2. The van der Waals surface area contributed by atoms with Crippen molar-refractivity contribution in [2.45, 2.75) is 23.8 Å². The summed E-state index contributed by atoms with van der Waals surface area (Å²) in [4.78, 5) is 38.7. The molecule has 0 radical (unpaired) electrons. The molecule has 34 heavy (non-hydrogen) atoms. The third kappa shape index (κ3) is 4.38. The van der Waals surface area contributed by atoms with Crippen molar-refractivity contribution in [1.29, 1.82) is 0 Å². The molecule has 0 unspecified atom stereocenters. The van der Waals surface area contributed by atoms with Gasteiger partial charge in [-0.25, -0.2) is 9.78 Å². The van der Waals surface area contributed by atoms with E-state index in [4.69, 9.17) is 4.98 Å². The Kier molecular flexibility index (Phi) is 6.25. The maximum absolute atomic E-state index is 12.8. The van der Waals surface area contributed by atoms with Crippen LogP contribution < -0.4 is 16.1 Å². The summed E-state index contributed by atoms with van der Waals surface area (Å²) in [6.07, 6.45) is 0.820. The van der Waals surface area contributed by atoms with Crippen LogP contribution in [-0.4, -0.2) is 36.9 Å². The number of aromatic nitrogens is 5. The van der Waals surface area contributed by atoms with Crippen LogP contribution in [0.2, 0.25) is 0 Å². The van der Waals surface area contributed by atoms with Crippen LogP contribution in [-0.2, 0) is 20.1 Å². The summed E-state index contributed by atoms with van der Waals surface area (Å²) in [5.41, 5.74) is 2.09. The lowest BCUT2D eigenvalue weighted by atomic mass is 10.2. The van der Waals surface area contributed by atoms with Crippen LogP contribution in [0, 0.1) is 0 Å². The van der Waals surface area contributed by atoms with Gasteiger partial charge in [0.25, 0.3) is 5.56 Å². The highest BCUT2D eigenvalue weighted by molar-refractivity contribution is 8.01. The van der Waals surface area contributed by atoms with Gasteiger partial charge in [-0.2, -0.15) is 4.98 Å². The van der Waals surface area contributed by atoms with Gasteiger partial charge in [0.1, 0.15) is 0 Å². The van der Waals surface area contributed by atoms with Crippen molar-refractivity contribution in [3.05, 3.63) is 81.0 Å². The maximum atomic E-state index is 12.8. The van der Waals surface area contributed by atoms with Gasteiger partial charge in [-0.1, -0.05) is 54.2 Å². The molecule has 10 heteroatoms. The number of aromatic amines is 1. The molecule has 0 aliphatic carbocycles. The smallest absolute Gasteiger partial charge is 0.329 e. The first-order chi connectivity index (χ1) is 16.5. The molecule has 0 atom stereocenters. The van der Waals surface area contributed by atoms with E-state index in [9.17, 15) is 9.59 Å². The average Bonchev–Trinajstić information content (AvgIpc) is 3.43. The van der Waals surface area contributed by atoms with Crippen molar-refractivity contribution in [3.8, 4) is 0 Å². The molecule has 5 aromatic rings. The monoisotopic (exact) mass is 492 g/mol. The number of hydrogen-bond donors (Lipinski definition) is 1. The summed E-state index contributed by atoms with van der Waals surface area (Å²) in [6, 6.07) is 18.2. The SMILES string of the molecule is CN(Cc1ccccc1)c1nc2c(c(=O)[nH]c(=O)n2C)n1CCCSc1nc2ccccc2s1. The second-order valence-corrected chi connectivity index (χ2v) is 10.4. The number of rotatable bonds is 8. The Hall–Kier alpha value is -3.37. The predicted molar refractivity (Wildman–Crippen MR) is 139 cm³/mol. The predicted octanol–water partition coefficient (Wildman–Crippen LogP) is 3.85. The number of nitrogens with zero attached hydrogens (tertiary/aromatic N) is 5. The molecule has 5 rings (SSSR count). The van der Waals surface area contributed by atoms with E-state index < -0.39 is 11.2 Å². The number of nitrogens with one attached hydrogen (secondary N) is 1. The first-order valence-corrected chi connectivity index (χ1v) is 12.7. The molecule has 0 bridgehead atoms. The van der Waals surface area contributed by atoms with Gasteiger partial charge in [0.05, 0.1) is 10.2 Å². The maximum Gasteiger partial charge on any atom is 0.329 e. The van der Waals surface area contributed by atoms with Crippen molar-refractivity contribution in [1.82, 2.24) is 24.1 Å². The molecule has 2 aromatic carbocycles. The van der Waals surface area contributed by atoms with Crippen LogP contribution in [0.4, 0.5) is 5.95 Å². The number of fused-ring (bicyclic) bond motifs is 2. The Morgan fingerprint density at radius 2 is 1.82 bits per heavy atom. The summed E-state index contributed by atoms with van der Waals surface area (Å²) in [7, 11) is 3.58. The molecule has 0 amide bonds. The number of thioether (sulfide) groups is 1. The summed E-state index contributed by atoms with van der Waals surface area (Å²) in [6.45, 7) is 1.24. The Balaban J connectivity index is 1.40. The fourth-order valence-electron chi connectivity index (χ4n) is 3.95. The molecule has 0 saturated carbocycles. The van der Waals surface area contributed by atoms with Gasteiger partial charge < -0.3 is 9.47 Å². The highest BCUT2D eigenvalue weighted by Crippen LogP contribution is 2.30. The minimum atomic E-state index is -0.467. The van der Waals surface area contributed by atoms with Crippen LogP contribution in [0.1, 0.15) is 12.0 Å². The zero-order chi connectivity index (χ0) is 23.7. The third-order valence-electron chi connectivity index (χ3n) is 5.62. The number of benzene rings is 2. The Morgan fingerprint density at radius 1 is 1.06 bits per heavy atom. The normalized spacial score (nSPS) is 11.5. The molecule has 0 aliphatic rings. The van der Waals surface area contributed by atoms with Gasteiger partial charge in [-0.15, -0.1) is 11.3 Å². The Bertz CT molecular complexity index is 1530. The second-order valence-electron chi connectivity index (χ2n) is 8.05. The summed E-state index contributed by atoms with van der Waals surface area (Å²) in [5, 5.41) is 0. The molecule has 3 heterocycles. The van der Waals surface area contributed by atoms with E-state index in [1.165, 1.54) is 9.27 Å². The molecule has 0 fully saturated rings. The lowest BCUT2D eigenvalue weighted by molar-refractivity contribution is 0.680. The van der Waals surface area contributed by atoms with Gasteiger partial charge in [0.15, 0.2) is 15.5 Å². The molecule has 1 N–H and O–H groups in total. The van der Waals surface area contributed by atoms with E-state index in [1.54, 1.807) is 30.1 Å². The first-order valence-electron chi connectivity index (χ1n) is 10.9. The van der Waals surface area contributed by atoms with Gasteiger partial charge >= 0.3 is 5.69 Å². The van der Waals surface area contributed by atoms with Gasteiger partial charge in [0.2, 0.25) is 5.95 Å². The summed E-state index contributed by atoms with van der Waals surface area (Å²) in [5.74, 6) is 1.51. The first kappa shape index (κ1) is 22.4. The van der Waals surface area contributed by atoms with Crippen molar-refractivity contribution in [2.24, 2.45) is 7.05 Å². The third-order valence-corrected chi connectivity index (χ3v) is 7.88. The van der Waals surface area contributed by atoms with Crippen molar-refractivity contribution >= 4 is 50.4 Å². The number of hydrogen-bond acceptors (Lipinski definition) is 7. The van der Waals surface area contributed by atoms with Crippen LogP contribution in [0.3, 0.4) is 0 Å². The summed E-state index contributed by atoms with van der Waals surface area (Å²) < 4.78 is 5.54. The molecule has 174 valence electrons. The second kappa shape index (κ2) is 9.47. The van der Waals surface area contributed by atoms with E-state index in [0.717, 1.165) is 27.6 Å². The summed E-state index contributed by atoms with van der Waals surface area (Å²) >= 11 is 3.41. The van der Waals surface area contributed by atoms with E-state index in [-0.39, 0.29) is 0 Å². The lowest BCUT2D eigenvalue weighted by Gasteiger charge is -2.20. The quantitative estimate of drug-likeness (QED) is 0.261. The van der Waals surface area contributed by atoms with Crippen LogP contribution in [0.25, 0.3) is 21.4 Å². The molecular formula is C24H24N6O2S2. The minimum absolute atomic E-state index is 0.391. The number of para-hydroxylation sites is 1. The molecule has 0 spiro atoms. The molecular weight excluding hydrogens is 468 g/mol. The zero-order valence-electron chi connectivity index (χ0n) is 18.9. The van der Waals surface area contributed by atoms with Crippen molar-refractivity contribution in [2.75, 3.05) is 17.7 Å². The number of thiazole rings is 1. The van der Waals surface area contributed by atoms with E-state index in [1.807, 2.05) is 52.9 Å². The van der Waals surface area contributed by atoms with E-state index in [0.29, 0.717) is 30.2 Å². The van der Waals surface area contributed by atoms with Gasteiger partial charge in [-0.3, -0.25) is 14.3 Å². The number of imidazole rings is 1. The van der Waals surface area contributed by atoms with Gasteiger partial charge in [-0.05, 0) is 24.1 Å². The lowest BCUT2D eigenvalue weighted by Crippen LogP contribution is -2.29. The van der Waals surface area contributed by atoms with Gasteiger partial charge in [0, 0.05) is 32.9 Å². The zero-order valence-corrected chi connectivity index (χ0v) is 20.5. The fourth-order valence-corrected chi connectivity index (χ4v) is 6.01. The molecule has 0 saturated heterocycles. The van der Waals surface area contributed by atoms with Crippen LogP contribution >= 0.6 is 23.1 Å². The van der Waals surface area contributed by atoms with Crippen molar-refractivity contribution in [3.63, 3.8) is 0 Å². The topological polar surface area (TPSA) is 88.8 Å². The standard InChI is InChI=1S/C24H24N6O2S2/c1-28(15-16-9-4-3-5-10-16)22-26-20-19(21(31)27-23(32)29(20)2)30(22)13-8-14-33-24-25-17-11-6-7-12-18(17)34-24/h3-7,9-12H,8,13-15H2,1-2H3,(H,27,31,32). The van der Waals surface area contributed by atoms with Crippen molar-refractivity contribution < 1.29 is 0 Å². The largest absolute Gasteiger partial charge is 0.341 e. The Labute approximate surface area is 203 Å². The fraction of sp³-hybridized carbons (Fsp3) is 0.250. The highest BCUT2D eigenvalue weighted by atomic mass is 32.2. The highest BCUT2D eigenvalue weighted by Gasteiger charge is 2.20. The molecule has 3 aromatic heterocycles. The van der Waals surface area contributed by atoms with Crippen LogP contribution in [0.15, 0.2) is 68.5 Å². The minimum Gasteiger partial charge on any atom is -0.341 e. The average molecular weight is 493 g/mol. The van der Waals surface area contributed by atoms with E-state index >= 15 is 0 Å². The molecule has 8 nitrogen and oxygen atoms in total. The number of anilines is 1. The van der Waals surface area contributed by atoms with E-state index in [2.05, 4.69) is 28.2 Å². The number of H-pyrrole nitrogens is 1. The molecule has 0 aliphatic heterocycles.